The van der Waals surface area contributed by atoms with Crippen LogP contribution >= 0.6 is 0 Å². The van der Waals surface area contributed by atoms with Crippen molar-refractivity contribution in [3.05, 3.63) is 23.5 Å². The van der Waals surface area contributed by atoms with Gasteiger partial charge in [0.1, 0.15) is 11.0 Å². The van der Waals surface area contributed by atoms with Crippen LogP contribution in [0.3, 0.4) is 0 Å². The maximum atomic E-state index is 13.1. The van der Waals surface area contributed by atoms with Gasteiger partial charge in [0.25, 0.3) is 0 Å². The van der Waals surface area contributed by atoms with Gasteiger partial charge in [-0.3, -0.25) is 0 Å². The standard InChI is InChI=1S/C8H8FN3.C2H6/c1-5-3-6(9)8-7(4-5)10-12(2)11-8;1-2/h3-4H,1-2H3;1-2H3. The summed E-state index contributed by atoms with van der Waals surface area (Å²) < 4.78 is 13.1. The molecular weight excluding hydrogens is 181 g/mol. The van der Waals surface area contributed by atoms with Crippen LogP contribution in [0.2, 0.25) is 0 Å². The molecule has 0 bridgehead atoms. The van der Waals surface area contributed by atoms with Gasteiger partial charge in [-0.1, -0.05) is 13.8 Å². The summed E-state index contributed by atoms with van der Waals surface area (Å²) in [5, 5.41) is 7.88. The van der Waals surface area contributed by atoms with Crippen LogP contribution in [0.15, 0.2) is 12.1 Å². The Kier molecular flexibility index (Phi) is 3.17. The lowest BCUT2D eigenvalue weighted by Gasteiger charge is -1.91. The Labute approximate surface area is 82.5 Å². The number of hydrogen-bond acceptors (Lipinski definition) is 2. The number of nitrogens with zero attached hydrogens (tertiary/aromatic N) is 3. The number of fused-ring (bicyclic) bond motifs is 1. The maximum absolute atomic E-state index is 13.1. The van der Waals surface area contributed by atoms with Gasteiger partial charge >= 0.3 is 0 Å². The fourth-order valence-electron chi connectivity index (χ4n) is 1.21. The zero-order valence-corrected chi connectivity index (χ0v) is 8.87. The van der Waals surface area contributed by atoms with Gasteiger partial charge < -0.3 is 0 Å². The van der Waals surface area contributed by atoms with Gasteiger partial charge in [0.2, 0.25) is 0 Å². The van der Waals surface area contributed by atoms with Crippen LogP contribution in [-0.4, -0.2) is 15.0 Å². The molecule has 0 saturated carbocycles. The Hall–Kier alpha value is -1.45. The molecule has 1 aromatic heterocycles. The summed E-state index contributed by atoms with van der Waals surface area (Å²) in [5.74, 6) is -0.307. The molecule has 0 aliphatic heterocycles. The van der Waals surface area contributed by atoms with Crippen molar-refractivity contribution in [2.24, 2.45) is 7.05 Å². The molecule has 14 heavy (non-hydrogen) atoms. The molecule has 0 fully saturated rings. The Morgan fingerprint density at radius 1 is 1.21 bits per heavy atom. The monoisotopic (exact) mass is 195 g/mol. The molecule has 0 radical (unpaired) electrons. The molecule has 1 aromatic carbocycles. The fourth-order valence-corrected chi connectivity index (χ4v) is 1.21. The highest BCUT2D eigenvalue weighted by molar-refractivity contribution is 5.74. The highest BCUT2D eigenvalue weighted by atomic mass is 19.1. The average Bonchev–Trinajstić information content (AvgIpc) is 2.49. The van der Waals surface area contributed by atoms with Crippen molar-refractivity contribution in [1.29, 1.82) is 0 Å². The highest BCUT2D eigenvalue weighted by Gasteiger charge is 2.06. The van der Waals surface area contributed by atoms with Crippen molar-refractivity contribution in [2.45, 2.75) is 20.8 Å². The molecule has 3 nitrogen and oxygen atoms in total. The Morgan fingerprint density at radius 3 is 2.50 bits per heavy atom. The summed E-state index contributed by atoms with van der Waals surface area (Å²) in [4.78, 5) is 1.37. The van der Waals surface area contributed by atoms with Crippen molar-refractivity contribution >= 4 is 11.0 Å². The molecule has 0 N–H and O–H groups in total. The lowest BCUT2D eigenvalue weighted by molar-refractivity contribution is 0.624. The van der Waals surface area contributed by atoms with E-state index in [2.05, 4.69) is 10.2 Å². The van der Waals surface area contributed by atoms with E-state index in [-0.39, 0.29) is 5.82 Å². The molecule has 2 aromatic rings. The first kappa shape index (κ1) is 10.6. The van der Waals surface area contributed by atoms with E-state index in [0.717, 1.165) is 5.56 Å². The summed E-state index contributed by atoms with van der Waals surface area (Å²) in [7, 11) is 1.68. The Bertz CT molecular complexity index is 434. The Morgan fingerprint density at radius 2 is 1.86 bits per heavy atom. The van der Waals surface area contributed by atoms with Crippen molar-refractivity contribution in [1.82, 2.24) is 15.0 Å². The minimum Gasteiger partial charge on any atom is -0.204 e. The van der Waals surface area contributed by atoms with Gasteiger partial charge in [0, 0.05) is 7.05 Å². The van der Waals surface area contributed by atoms with Crippen molar-refractivity contribution in [3.63, 3.8) is 0 Å². The Balaban J connectivity index is 0.000000461. The summed E-state index contributed by atoms with van der Waals surface area (Å²) in [5.41, 5.74) is 1.80. The number of rotatable bonds is 0. The van der Waals surface area contributed by atoms with Crippen molar-refractivity contribution < 1.29 is 4.39 Å². The first-order chi connectivity index (χ1) is 6.66. The van der Waals surface area contributed by atoms with Crippen LogP contribution in [0.25, 0.3) is 11.0 Å². The molecule has 0 unspecified atom stereocenters. The third-order valence-electron chi connectivity index (χ3n) is 1.68. The molecule has 0 spiro atoms. The number of benzene rings is 1. The molecule has 0 aliphatic carbocycles. The summed E-state index contributed by atoms with van der Waals surface area (Å²) in [6.07, 6.45) is 0. The van der Waals surface area contributed by atoms with E-state index in [9.17, 15) is 4.39 Å². The number of halogens is 1. The second kappa shape index (κ2) is 4.17. The fraction of sp³-hybridized carbons (Fsp3) is 0.400. The third kappa shape index (κ3) is 1.89. The smallest absolute Gasteiger partial charge is 0.153 e. The van der Waals surface area contributed by atoms with E-state index >= 15 is 0 Å². The van der Waals surface area contributed by atoms with E-state index in [0.29, 0.717) is 11.0 Å². The first-order valence-electron chi connectivity index (χ1n) is 4.64. The predicted octanol–water partition coefficient (Wildman–Crippen LogP) is 2.44. The lowest BCUT2D eigenvalue weighted by Crippen LogP contribution is -1.90. The van der Waals surface area contributed by atoms with Crippen LogP contribution in [0.5, 0.6) is 0 Å². The molecule has 76 valence electrons. The summed E-state index contributed by atoms with van der Waals surface area (Å²) in [6.45, 7) is 5.83. The van der Waals surface area contributed by atoms with Gasteiger partial charge in [0.15, 0.2) is 5.82 Å². The molecule has 4 heteroatoms. The number of aromatic nitrogens is 3. The van der Waals surface area contributed by atoms with Gasteiger partial charge in [-0.15, -0.1) is 0 Å². The molecule has 0 saturated heterocycles. The third-order valence-corrected chi connectivity index (χ3v) is 1.68. The molecule has 0 aliphatic rings. The van der Waals surface area contributed by atoms with E-state index in [1.165, 1.54) is 10.9 Å². The number of hydrogen-bond donors (Lipinski definition) is 0. The SMILES string of the molecule is CC.Cc1cc(F)c2nn(C)nc2c1. The summed E-state index contributed by atoms with van der Waals surface area (Å²) >= 11 is 0. The quantitative estimate of drug-likeness (QED) is 0.646. The van der Waals surface area contributed by atoms with Crippen LogP contribution in [-0.2, 0) is 7.05 Å². The van der Waals surface area contributed by atoms with E-state index in [4.69, 9.17) is 0 Å². The average molecular weight is 195 g/mol. The molecule has 2 rings (SSSR count). The maximum Gasteiger partial charge on any atom is 0.153 e. The van der Waals surface area contributed by atoms with Gasteiger partial charge in [-0.05, 0) is 24.6 Å². The van der Waals surface area contributed by atoms with Crippen LogP contribution in [0, 0.1) is 12.7 Å². The zero-order valence-electron chi connectivity index (χ0n) is 8.87. The number of aryl methyl sites for hydroxylation is 2. The first-order valence-corrected chi connectivity index (χ1v) is 4.64. The van der Waals surface area contributed by atoms with Crippen LogP contribution in [0.1, 0.15) is 19.4 Å². The van der Waals surface area contributed by atoms with E-state index in [1.54, 1.807) is 7.05 Å². The van der Waals surface area contributed by atoms with Gasteiger partial charge in [-0.2, -0.15) is 15.0 Å². The minimum atomic E-state index is -0.307. The van der Waals surface area contributed by atoms with E-state index in [1.807, 2.05) is 26.8 Å². The largest absolute Gasteiger partial charge is 0.204 e. The topological polar surface area (TPSA) is 30.7 Å². The lowest BCUT2D eigenvalue weighted by atomic mass is 10.2. The molecule has 0 amide bonds. The molecular formula is C10H14FN3. The zero-order chi connectivity index (χ0) is 10.7. The molecule has 0 atom stereocenters. The van der Waals surface area contributed by atoms with Crippen molar-refractivity contribution in [3.8, 4) is 0 Å². The van der Waals surface area contributed by atoms with E-state index < -0.39 is 0 Å². The predicted molar refractivity (Wildman–Crippen MR) is 54.6 cm³/mol. The van der Waals surface area contributed by atoms with Crippen LogP contribution < -0.4 is 0 Å². The van der Waals surface area contributed by atoms with Gasteiger partial charge in [-0.25, -0.2) is 4.39 Å². The second-order valence-electron chi connectivity index (χ2n) is 2.80. The second-order valence-corrected chi connectivity index (χ2v) is 2.80. The van der Waals surface area contributed by atoms with Gasteiger partial charge in [0.05, 0.1) is 0 Å². The minimum absolute atomic E-state index is 0.307. The summed E-state index contributed by atoms with van der Waals surface area (Å²) in [6, 6.07) is 3.27. The normalized spacial score (nSPS) is 9.79. The molecule has 1 heterocycles. The van der Waals surface area contributed by atoms with Crippen molar-refractivity contribution in [2.75, 3.05) is 0 Å². The highest BCUT2D eigenvalue weighted by Crippen LogP contribution is 2.14. The van der Waals surface area contributed by atoms with Crippen LogP contribution in [0.4, 0.5) is 4.39 Å².